The highest BCUT2D eigenvalue weighted by atomic mass is 35.5. The Kier molecular flexibility index (Phi) is 2.41. The van der Waals surface area contributed by atoms with Crippen molar-refractivity contribution in [2.24, 2.45) is 0 Å². The molecule has 0 amide bonds. The van der Waals surface area contributed by atoms with Gasteiger partial charge in [-0.2, -0.15) is 0 Å². The molecule has 0 spiro atoms. The van der Waals surface area contributed by atoms with Crippen LogP contribution in [0, 0.1) is 0 Å². The van der Waals surface area contributed by atoms with Crippen molar-refractivity contribution < 1.29 is 0 Å². The van der Waals surface area contributed by atoms with E-state index in [0.717, 1.165) is 25.5 Å². The Morgan fingerprint density at radius 1 is 1.46 bits per heavy atom. The largest absolute Gasteiger partial charge is 0.390 e. The molecule has 0 saturated carbocycles. The Balaban J connectivity index is 2.88. The number of benzene rings is 1. The van der Waals surface area contributed by atoms with E-state index >= 15 is 0 Å². The van der Waals surface area contributed by atoms with Crippen LogP contribution in [0.2, 0.25) is 0 Å². The van der Waals surface area contributed by atoms with Crippen molar-refractivity contribution in [3.05, 3.63) is 23.8 Å². The fourth-order valence-corrected chi connectivity index (χ4v) is 3.13. The van der Waals surface area contributed by atoms with E-state index in [9.17, 15) is 0 Å². The Hall–Kier alpha value is -0.380. The van der Waals surface area contributed by atoms with Gasteiger partial charge in [0.05, 0.1) is 10.9 Å². The molecule has 0 atom stereocenters. The lowest BCUT2D eigenvalue weighted by Gasteiger charge is -1.97. The molecule has 0 unspecified atom stereocenters. The SMILES string of the molecule is Nc1sc2cccc(S)c2c1CCl. The standard InChI is InChI=1S/C9H8ClNS2/c10-4-5-8-6(12)2-1-3-7(8)13-9(5)11/h1-3,12H,4,11H2. The molecule has 0 aliphatic heterocycles. The summed E-state index contributed by atoms with van der Waals surface area (Å²) in [5.41, 5.74) is 6.84. The Bertz CT molecular complexity index is 450. The van der Waals surface area contributed by atoms with Gasteiger partial charge in [0.15, 0.2) is 0 Å². The van der Waals surface area contributed by atoms with Gasteiger partial charge in [-0.25, -0.2) is 0 Å². The average Bonchev–Trinajstić information content (AvgIpc) is 2.42. The molecule has 13 heavy (non-hydrogen) atoms. The minimum absolute atomic E-state index is 0.448. The van der Waals surface area contributed by atoms with Crippen LogP contribution in [0.3, 0.4) is 0 Å². The Morgan fingerprint density at radius 2 is 2.23 bits per heavy atom. The van der Waals surface area contributed by atoms with Gasteiger partial charge in [0.2, 0.25) is 0 Å². The van der Waals surface area contributed by atoms with Gasteiger partial charge in [0, 0.05) is 20.5 Å². The molecule has 0 saturated heterocycles. The van der Waals surface area contributed by atoms with Gasteiger partial charge in [0.1, 0.15) is 0 Å². The molecule has 68 valence electrons. The van der Waals surface area contributed by atoms with E-state index in [1.807, 2.05) is 18.2 Å². The summed E-state index contributed by atoms with van der Waals surface area (Å²) in [5.74, 6) is 0.448. The first kappa shape index (κ1) is 9.19. The summed E-state index contributed by atoms with van der Waals surface area (Å²) >= 11 is 11.8. The van der Waals surface area contributed by atoms with Crippen molar-refractivity contribution in [2.45, 2.75) is 10.8 Å². The highest BCUT2D eigenvalue weighted by Gasteiger charge is 2.10. The normalized spacial score (nSPS) is 10.9. The lowest BCUT2D eigenvalue weighted by Crippen LogP contribution is -1.85. The van der Waals surface area contributed by atoms with Crippen LogP contribution in [0.25, 0.3) is 10.1 Å². The molecule has 4 heteroatoms. The zero-order chi connectivity index (χ0) is 9.42. The second kappa shape index (κ2) is 3.40. The maximum Gasteiger partial charge on any atom is 0.0914 e. The van der Waals surface area contributed by atoms with Gasteiger partial charge < -0.3 is 5.73 Å². The van der Waals surface area contributed by atoms with E-state index in [4.69, 9.17) is 17.3 Å². The summed E-state index contributed by atoms with van der Waals surface area (Å²) < 4.78 is 1.15. The summed E-state index contributed by atoms with van der Waals surface area (Å²) in [7, 11) is 0. The first-order valence-corrected chi connectivity index (χ1v) is 5.58. The summed E-state index contributed by atoms with van der Waals surface area (Å²) in [6.45, 7) is 0. The molecule has 1 heterocycles. The van der Waals surface area contributed by atoms with Crippen molar-refractivity contribution >= 4 is 50.7 Å². The van der Waals surface area contributed by atoms with E-state index in [0.29, 0.717) is 5.88 Å². The van der Waals surface area contributed by atoms with Crippen LogP contribution in [-0.4, -0.2) is 0 Å². The second-order valence-electron chi connectivity index (χ2n) is 2.73. The van der Waals surface area contributed by atoms with Gasteiger partial charge in [0.25, 0.3) is 0 Å². The summed E-state index contributed by atoms with van der Waals surface area (Å²) in [4.78, 5) is 0.945. The molecule has 0 radical (unpaired) electrons. The number of fused-ring (bicyclic) bond motifs is 1. The number of anilines is 1. The molecule has 2 N–H and O–H groups in total. The van der Waals surface area contributed by atoms with Crippen molar-refractivity contribution in [1.29, 1.82) is 0 Å². The molecule has 0 aliphatic rings. The minimum Gasteiger partial charge on any atom is -0.390 e. The van der Waals surface area contributed by atoms with Crippen molar-refractivity contribution in [3.63, 3.8) is 0 Å². The van der Waals surface area contributed by atoms with Crippen LogP contribution in [0.4, 0.5) is 5.00 Å². The lowest BCUT2D eigenvalue weighted by atomic mass is 10.2. The van der Waals surface area contributed by atoms with Gasteiger partial charge in [-0.05, 0) is 12.1 Å². The summed E-state index contributed by atoms with van der Waals surface area (Å²) in [5, 5.41) is 1.90. The number of alkyl halides is 1. The third kappa shape index (κ3) is 1.41. The molecule has 2 aromatic rings. The predicted octanol–water partition coefficient (Wildman–Crippen LogP) is 3.51. The van der Waals surface area contributed by atoms with Crippen LogP contribution >= 0.6 is 35.6 Å². The molecule has 0 aliphatic carbocycles. The Labute approximate surface area is 90.9 Å². The topological polar surface area (TPSA) is 26.0 Å². The molecule has 1 aromatic heterocycles. The average molecular weight is 230 g/mol. The maximum atomic E-state index is 5.83. The number of thiol groups is 1. The monoisotopic (exact) mass is 229 g/mol. The van der Waals surface area contributed by atoms with E-state index < -0.39 is 0 Å². The fourth-order valence-electron chi connectivity index (χ4n) is 1.34. The highest BCUT2D eigenvalue weighted by Crippen LogP contribution is 2.37. The van der Waals surface area contributed by atoms with Crippen molar-refractivity contribution in [1.82, 2.24) is 0 Å². The van der Waals surface area contributed by atoms with Crippen LogP contribution in [0.1, 0.15) is 5.56 Å². The number of hydrogen-bond donors (Lipinski definition) is 2. The third-order valence-electron chi connectivity index (χ3n) is 1.96. The third-order valence-corrected chi connectivity index (χ3v) is 3.62. The van der Waals surface area contributed by atoms with E-state index in [1.165, 1.54) is 0 Å². The quantitative estimate of drug-likeness (QED) is 0.568. The smallest absolute Gasteiger partial charge is 0.0914 e. The van der Waals surface area contributed by atoms with Gasteiger partial charge in [-0.1, -0.05) is 6.07 Å². The van der Waals surface area contributed by atoms with Crippen LogP contribution < -0.4 is 5.73 Å². The van der Waals surface area contributed by atoms with Gasteiger partial charge >= 0.3 is 0 Å². The molecule has 1 nitrogen and oxygen atoms in total. The molecule has 0 fully saturated rings. The number of rotatable bonds is 1. The van der Waals surface area contributed by atoms with Gasteiger partial charge in [-0.3, -0.25) is 0 Å². The fraction of sp³-hybridized carbons (Fsp3) is 0.111. The van der Waals surface area contributed by atoms with Crippen LogP contribution in [-0.2, 0) is 5.88 Å². The summed E-state index contributed by atoms with van der Waals surface area (Å²) in [6, 6.07) is 5.96. The van der Waals surface area contributed by atoms with Gasteiger partial charge in [-0.15, -0.1) is 35.6 Å². The second-order valence-corrected chi connectivity index (χ2v) is 4.56. The van der Waals surface area contributed by atoms with E-state index in [2.05, 4.69) is 12.6 Å². The number of nitrogens with two attached hydrogens (primary N) is 1. The number of hydrogen-bond acceptors (Lipinski definition) is 3. The molecule has 0 bridgehead atoms. The molecule has 1 aromatic carbocycles. The van der Waals surface area contributed by atoms with E-state index in [1.54, 1.807) is 11.3 Å². The zero-order valence-corrected chi connectivity index (χ0v) is 9.22. The number of halogens is 1. The minimum atomic E-state index is 0.448. The lowest BCUT2D eigenvalue weighted by molar-refractivity contribution is 1.45. The molecular weight excluding hydrogens is 222 g/mol. The number of nitrogen functional groups attached to an aromatic ring is 1. The van der Waals surface area contributed by atoms with Crippen LogP contribution in [0.5, 0.6) is 0 Å². The van der Waals surface area contributed by atoms with Crippen molar-refractivity contribution in [3.8, 4) is 0 Å². The first-order valence-electron chi connectivity index (χ1n) is 3.79. The molecular formula is C9H8ClNS2. The van der Waals surface area contributed by atoms with Crippen molar-refractivity contribution in [2.75, 3.05) is 5.73 Å². The maximum absolute atomic E-state index is 5.83. The zero-order valence-electron chi connectivity index (χ0n) is 6.75. The van der Waals surface area contributed by atoms with E-state index in [-0.39, 0.29) is 0 Å². The molecule has 2 rings (SSSR count). The summed E-state index contributed by atoms with van der Waals surface area (Å²) in [6.07, 6.45) is 0. The first-order chi connectivity index (χ1) is 6.24. The Morgan fingerprint density at radius 3 is 2.92 bits per heavy atom. The predicted molar refractivity (Wildman–Crippen MR) is 63.0 cm³/mol. The highest BCUT2D eigenvalue weighted by molar-refractivity contribution is 7.80. The van der Waals surface area contributed by atoms with Crippen LogP contribution in [0.15, 0.2) is 23.1 Å². The number of thiophene rings is 1.